The summed E-state index contributed by atoms with van der Waals surface area (Å²) in [5.41, 5.74) is 7.23. The van der Waals surface area contributed by atoms with Crippen LogP contribution in [0.15, 0.2) is 23.4 Å². The minimum absolute atomic E-state index is 0.175. The fraction of sp³-hybridized carbons (Fsp3) is 0.471. The molecule has 1 aliphatic heterocycles. The number of amidine groups is 1. The van der Waals surface area contributed by atoms with E-state index in [0.717, 1.165) is 11.1 Å². The van der Waals surface area contributed by atoms with E-state index in [2.05, 4.69) is 5.16 Å². The van der Waals surface area contributed by atoms with Crippen LogP contribution in [-0.4, -0.2) is 34.9 Å². The van der Waals surface area contributed by atoms with Crippen LogP contribution in [0.1, 0.15) is 49.2 Å². The summed E-state index contributed by atoms with van der Waals surface area (Å²) in [6.45, 7) is 8.05. The molecule has 1 aromatic rings. The Hall–Kier alpha value is -2.57. The van der Waals surface area contributed by atoms with Crippen LogP contribution in [0.4, 0.5) is 4.79 Å². The smallest absolute Gasteiger partial charge is 0.410 e. The highest BCUT2D eigenvalue weighted by atomic mass is 16.7. The standard InChI is InChI=1S/C17H23N3O4/c1-11(18)19-24-15(21)13-5-6-14-10-20(8-7-12(14)9-13)16(22)23-17(2,3)4/h5-6,9H,7-8,10H2,1-4H3,(H2,18,19). The predicted molar refractivity (Wildman–Crippen MR) is 89.5 cm³/mol. The zero-order chi connectivity index (χ0) is 17.9. The quantitative estimate of drug-likeness (QED) is 0.388. The SMILES string of the molecule is C/C(N)=N/OC(=O)c1ccc2c(c1)CCN(C(=O)OC(C)(C)C)C2. The minimum atomic E-state index is -0.558. The maximum atomic E-state index is 12.2. The number of ether oxygens (including phenoxy) is 1. The number of rotatable bonds is 2. The number of carbonyl (C=O) groups is 2. The van der Waals surface area contributed by atoms with E-state index < -0.39 is 11.6 Å². The van der Waals surface area contributed by atoms with Crippen LogP contribution in [-0.2, 0) is 22.5 Å². The van der Waals surface area contributed by atoms with Crippen LogP contribution in [0.3, 0.4) is 0 Å². The van der Waals surface area contributed by atoms with Gasteiger partial charge in [-0.1, -0.05) is 11.2 Å². The van der Waals surface area contributed by atoms with Crippen molar-refractivity contribution in [3.8, 4) is 0 Å². The molecule has 0 bridgehead atoms. The average Bonchev–Trinajstić information content (AvgIpc) is 2.49. The summed E-state index contributed by atoms with van der Waals surface area (Å²) in [4.78, 5) is 30.4. The van der Waals surface area contributed by atoms with Gasteiger partial charge in [-0.15, -0.1) is 0 Å². The largest absolute Gasteiger partial charge is 0.444 e. The number of oxime groups is 1. The average molecular weight is 333 g/mol. The van der Waals surface area contributed by atoms with Gasteiger partial charge in [0, 0.05) is 13.1 Å². The van der Waals surface area contributed by atoms with Gasteiger partial charge in [-0.3, -0.25) is 0 Å². The van der Waals surface area contributed by atoms with E-state index >= 15 is 0 Å². The van der Waals surface area contributed by atoms with Crippen LogP contribution >= 0.6 is 0 Å². The van der Waals surface area contributed by atoms with Crippen molar-refractivity contribution in [3.05, 3.63) is 34.9 Å². The van der Waals surface area contributed by atoms with Crippen molar-refractivity contribution < 1.29 is 19.2 Å². The molecule has 2 rings (SSSR count). The highest BCUT2D eigenvalue weighted by Crippen LogP contribution is 2.22. The summed E-state index contributed by atoms with van der Waals surface area (Å²) in [6, 6.07) is 5.24. The number of nitrogens with two attached hydrogens (primary N) is 1. The molecule has 0 aliphatic carbocycles. The fourth-order valence-corrected chi connectivity index (χ4v) is 2.33. The number of carbonyl (C=O) groups excluding carboxylic acids is 2. The molecule has 1 aromatic carbocycles. The second kappa shape index (κ2) is 6.90. The van der Waals surface area contributed by atoms with Crippen LogP contribution < -0.4 is 5.73 Å². The lowest BCUT2D eigenvalue weighted by molar-refractivity contribution is 0.0223. The maximum absolute atomic E-state index is 12.2. The molecule has 130 valence electrons. The van der Waals surface area contributed by atoms with Gasteiger partial charge < -0.3 is 20.2 Å². The molecule has 1 aliphatic rings. The van der Waals surface area contributed by atoms with Crippen LogP contribution in [0.5, 0.6) is 0 Å². The summed E-state index contributed by atoms with van der Waals surface area (Å²) in [5.74, 6) is -0.383. The first-order valence-electron chi connectivity index (χ1n) is 7.77. The molecule has 7 nitrogen and oxygen atoms in total. The van der Waals surface area contributed by atoms with Crippen molar-refractivity contribution in [2.75, 3.05) is 6.54 Å². The molecule has 0 saturated heterocycles. The van der Waals surface area contributed by atoms with Crippen molar-refractivity contribution in [1.29, 1.82) is 0 Å². The fourth-order valence-electron chi connectivity index (χ4n) is 2.33. The molecule has 2 N–H and O–H groups in total. The van der Waals surface area contributed by atoms with Crippen molar-refractivity contribution in [2.45, 2.75) is 46.3 Å². The monoisotopic (exact) mass is 333 g/mol. The number of nitrogens with zero attached hydrogens (tertiary/aromatic N) is 2. The van der Waals surface area contributed by atoms with Gasteiger partial charge in [0.25, 0.3) is 0 Å². The minimum Gasteiger partial charge on any atom is -0.444 e. The molecule has 0 atom stereocenters. The van der Waals surface area contributed by atoms with Gasteiger partial charge in [-0.25, -0.2) is 9.59 Å². The third-order valence-electron chi connectivity index (χ3n) is 3.38. The summed E-state index contributed by atoms with van der Waals surface area (Å²) < 4.78 is 5.39. The molecule has 24 heavy (non-hydrogen) atoms. The highest BCUT2D eigenvalue weighted by molar-refractivity contribution is 5.90. The number of fused-ring (bicyclic) bond motifs is 1. The first-order valence-corrected chi connectivity index (χ1v) is 7.77. The van der Waals surface area contributed by atoms with Gasteiger partial charge in [-0.2, -0.15) is 0 Å². The molecule has 0 unspecified atom stereocenters. The zero-order valence-corrected chi connectivity index (χ0v) is 14.5. The van der Waals surface area contributed by atoms with E-state index in [9.17, 15) is 9.59 Å². The Balaban J connectivity index is 2.08. The molecule has 1 heterocycles. The lowest BCUT2D eigenvalue weighted by Gasteiger charge is -2.31. The molecule has 0 aromatic heterocycles. The number of amides is 1. The van der Waals surface area contributed by atoms with Crippen LogP contribution in [0.25, 0.3) is 0 Å². The second-order valence-corrected chi connectivity index (χ2v) is 6.75. The van der Waals surface area contributed by atoms with E-state index in [1.807, 2.05) is 26.8 Å². The zero-order valence-electron chi connectivity index (χ0n) is 14.5. The predicted octanol–water partition coefficient (Wildman–Crippen LogP) is 2.43. The van der Waals surface area contributed by atoms with Gasteiger partial charge in [0.05, 0.1) is 5.56 Å². The van der Waals surface area contributed by atoms with Crippen LogP contribution in [0.2, 0.25) is 0 Å². The Morgan fingerprint density at radius 2 is 1.96 bits per heavy atom. The topological polar surface area (TPSA) is 94.2 Å². The van der Waals surface area contributed by atoms with Gasteiger partial charge in [0.15, 0.2) is 0 Å². The highest BCUT2D eigenvalue weighted by Gasteiger charge is 2.26. The van der Waals surface area contributed by atoms with Gasteiger partial charge >= 0.3 is 12.1 Å². The number of hydrogen-bond acceptors (Lipinski definition) is 5. The first kappa shape index (κ1) is 17.8. The summed E-state index contributed by atoms with van der Waals surface area (Å²) in [6.07, 6.45) is 0.318. The third kappa shape index (κ3) is 4.71. The summed E-state index contributed by atoms with van der Waals surface area (Å²) >= 11 is 0. The van der Waals surface area contributed by atoms with E-state index in [4.69, 9.17) is 15.3 Å². The number of hydrogen-bond donors (Lipinski definition) is 1. The Kier molecular flexibility index (Phi) is 5.11. The van der Waals surface area contributed by atoms with E-state index in [1.54, 1.807) is 17.0 Å². The van der Waals surface area contributed by atoms with Crippen molar-refractivity contribution in [2.24, 2.45) is 10.9 Å². The molecular formula is C17H23N3O4. The van der Waals surface area contributed by atoms with Gasteiger partial charge in [0.2, 0.25) is 0 Å². The van der Waals surface area contributed by atoms with Crippen molar-refractivity contribution >= 4 is 17.9 Å². The Bertz CT molecular complexity index is 673. The second-order valence-electron chi connectivity index (χ2n) is 6.75. The molecule has 7 heteroatoms. The van der Waals surface area contributed by atoms with Crippen molar-refractivity contribution in [3.63, 3.8) is 0 Å². The lowest BCUT2D eigenvalue weighted by atomic mass is 9.97. The maximum Gasteiger partial charge on any atom is 0.410 e. The molecule has 0 radical (unpaired) electrons. The molecular weight excluding hydrogens is 310 g/mol. The van der Waals surface area contributed by atoms with E-state index in [0.29, 0.717) is 25.1 Å². The van der Waals surface area contributed by atoms with E-state index in [-0.39, 0.29) is 11.9 Å². The third-order valence-corrected chi connectivity index (χ3v) is 3.38. The molecule has 0 fully saturated rings. The Morgan fingerprint density at radius 3 is 2.58 bits per heavy atom. The lowest BCUT2D eigenvalue weighted by Crippen LogP contribution is -2.39. The molecule has 0 saturated carbocycles. The number of benzene rings is 1. The Morgan fingerprint density at radius 1 is 1.25 bits per heavy atom. The molecule has 0 spiro atoms. The molecule has 1 amide bonds. The normalized spacial score (nSPS) is 14.8. The van der Waals surface area contributed by atoms with Crippen molar-refractivity contribution in [1.82, 2.24) is 4.90 Å². The van der Waals surface area contributed by atoms with Crippen LogP contribution in [0, 0.1) is 0 Å². The Labute approximate surface area is 141 Å². The summed E-state index contributed by atoms with van der Waals surface area (Å²) in [7, 11) is 0. The summed E-state index contributed by atoms with van der Waals surface area (Å²) in [5, 5.41) is 3.46. The first-order chi connectivity index (χ1) is 11.2. The van der Waals surface area contributed by atoms with Gasteiger partial charge in [-0.05, 0) is 57.4 Å². The van der Waals surface area contributed by atoms with Gasteiger partial charge in [0.1, 0.15) is 11.4 Å². The van der Waals surface area contributed by atoms with E-state index in [1.165, 1.54) is 6.92 Å².